The van der Waals surface area contributed by atoms with Crippen LogP contribution in [-0.4, -0.2) is 0 Å². The molecule has 2 aliphatic rings. The van der Waals surface area contributed by atoms with Crippen molar-refractivity contribution >= 4 is 64.6 Å². The summed E-state index contributed by atoms with van der Waals surface area (Å²) in [5.74, 6) is 0. The van der Waals surface area contributed by atoms with Crippen molar-refractivity contribution in [3.05, 3.63) is 158 Å². The molecule has 0 atom stereocenters. The van der Waals surface area contributed by atoms with Gasteiger partial charge in [0.05, 0.1) is 0 Å². The SMILES string of the molecule is c1ccc(-c2ccc3c4c(cccc24)-c2cc4c(ccc5c6cc7c(cc6ccc45)-c4cc5ccccc5c5cccc-7c45)cc2-3)cc1. The molecule has 0 N–H and O–H groups in total. The molecule has 48 heavy (non-hydrogen) atoms. The van der Waals surface area contributed by atoms with E-state index in [-0.39, 0.29) is 0 Å². The Morgan fingerprint density at radius 3 is 1.44 bits per heavy atom. The summed E-state index contributed by atoms with van der Waals surface area (Å²) in [5.41, 5.74) is 13.3. The molecule has 2 aliphatic carbocycles. The summed E-state index contributed by atoms with van der Waals surface area (Å²) in [6.07, 6.45) is 0. The maximum Gasteiger partial charge on any atom is -0.00199 e. The minimum atomic E-state index is 1.26. The van der Waals surface area contributed by atoms with Crippen LogP contribution in [0.2, 0.25) is 0 Å². The van der Waals surface area contributed by atoms with Crippen molar-refractivity contribution in [2.75, 3.05) is 0 Å². The lowest BCUT2D eigenvalue weighted by Crippen LogP contribution is -1.85. The van der Waals surface area contributed by atoms with Gasteiger partial charge in [0.1, 0.15) is 0 Å². The molecule has 0 saturated carbocycles. The highest BCUT2D eigenvalue weighted by Crippen LogP contribution is 2.53. The highest BCUT2D eigenvalue weighted by Gasteiger charge is 2.26. The normalized spacial score (nSPS) is 12.6. The number of hydrogen-bond acceptors (Lipinski definition) is 0. The van der Waals surface area contributed by atoms with Crippen LogP contribution in [0.5, 0.6) is 0 Å². The predicted molar refractivity (Wildman–Crippen MR) is 206 cm³/mol. The zero-order chi connectivity index (χ0) is 31.1. The first-order valence-corrected chi connectivity index (χ1v) is 16.8. The van der Waals surface area contributed by atoms with Crippen LogP contribution in [0.4, 0.5) is 0 Å². The second-order valence-electron chi connectivity index (χ2n) is 13.6. The van der Waals surface area contributed by atoms with Gasteiger partial charge in [-0.1, -0.05) is 127 Å². The third-order valence-corrected chi connectivity index (χ3v) is 11.3. The summed E-state index contributed by atoms with van der Waals surface area (Å²) in [5, 5.41) is 15.9. The van der Waals surface area contributed by atoms with Gasteiger partial charge in [-0.3, -0.25) is 0 Å². The maximum atomic E-state index is 2.47. The standard InChI is InChI=1S/C48H26/c1-2-8-27(9-3-1)32-20-21-39-42-22-29-16-18-34-33(40(29)25-44(42)37-14-7-13-36(32)47(37)39)19-17-30-23-43-45(26-41(30)34)38-15-6-12-35-31-11-5-4-10-28(31)24-46(43)48(35)38/h1-26H. The van der Waals surface area contributed by atoms with Crippen LogP contribution in [-0.2, 0) is 0 Å². The molecule has 12 rings (SSSR count). The molecule has 0 saturated heterocycles. The fourth-order valence-corrected chi connectivity index (χ4v) is 9.19. The molecule has 0 heterocycles. The first-order valence-electron chi connectivity index (χ1n) is 16.8. The molecular weight excluding hydrogens is 577 g/mol. The maximum absolute atomic E-state index is 2.47. The number of benzene rings is 10. The second-order valence-corrected chi connectivity index (χ2v) is 13.6. The van der Waals surface area contributed by atoms with Gasteiger partial charge in [0, 0.05) is 0 Å². The van der Waals surface area contributed by atoms with E-state index in [4.69, 9.17) is 0 Å². The van der Waals surface area contributed by atoms with E-state index in [9.17, 15) is 0 Å². The van der Waals surface area contributed by atoms with Crippen LogP contribution in [0.3, 0.4) is 0 Å². The van der Waals surface area contributed by atoms with Crippen molar-refractivity contribution in [1.29, 1.82) is 0 Å². The lowest BCUT2D eigenvalue weighted by atomic mass is 9.91. The molecule has 0 amide bonds. The Bertz CT molecular complexity index is 3090. The molecule has 0 bridgehead atoms. The molecule has 0 radical (unpaired) electrons. The van der Waals surface area contributed by atoms with Crippen molar-refractivity contribution < 1.29 is 0 Å². The van der Waals surface area contributed by atoms with Gasteiger partial charge in [0.15, 0.2) is 0 Å². The highest BCUT2D eigenvalue weighted by atomic mass is 14.3. The third kappa shape index (κ3) is 3.06. The third-order valence-electron chi connectivity index (χ3n) is 11.3. The lowest BCUT2D eigenvalue weighted by Gasteiger charge is -2.12. The van der Waals surface area contributed by atoms with Crippen LogP contribution >= 0.6 is 0 Å². The minimum Gasteiger partial charge on any atom is -0.0622 e. The molecule has 0 heteroatoms. The largest absolute Gasteiger partial charge is 0.0622 e. The zero-order valence-corrected chi connectivity index (χ0v) is 26.0. The van der Waals surface area contributed by atoms with Crippen molar-refractivity contribution in [3.63, 3.8) is 0 Å². The summed E-state index contributed by atoms with van der Waals surface area (Å²) < 4.78 is 0. The molecule has 0 nitrogen and oxygen atoms in total. The van der Waals surface area contributed by atoms with Gasteiger partial charge in [0.2, 0.25) is 0 Å². The summed E-state index contributed by atoms with van der Waals surface area (Å²) >= 11 is 0. The van der Waals surface area contributed by atoms with Crippen molar-refractivity contribution in [2.45, 2.75) is 0 Å². The van der Waals surface area contributed by atoms with Gasteiger partial charge in [-0.25, -0.2) is 0 Å². The number of hydrogen-bond donors (Lipinski definition) is 0. The fraction of sp³-hybridized carbons (Fsp3) is 0. The van der Waals surface area contributed by atoms with Crippen LogP contribution in [0.25, 0.3) is 120 Å². The van der Waals surface area contributed by atoms with Crippen LogP contribution in [0, 0.1) is 0 Å². The summed E-state index contributed by atoms with van der Waals surface area (Å²) in [4.78, 5) is 0. The summed E-state index contributed by atoms with van der Waals surface area (Å²) in [7, 11) is 0. The average molecular weight is 603 g/mol. The van der Waals surface area contributed by atoms with Gasteiger partial charge in [-0.2, -0.15) is 0 Å². The zero-order valence-electron chi connectivity index (χ0n) is 26.0. The molecule has 0 aromatic heterocycles. The average Bonchev–Trinajstić information content (AvgIpc) is 3.63. The molecule has 0 aliphatic heterocycles. The van der Waals surface area contributed by atoms with E-state index in [0.717, 1.165) is 0 Å². The smallest absolute Gasteiger partial charge is 0.00199 e. The second kappa shape index (κ2) is 8.76. The van der Waals surface area contributed by atoms with E-state index in [1.807, 2.05) is 0 Å². The van der Waals surface area contributed by atoms with Gasteiger partial charge in [0.25, 0.3) is 0 Å². The van der Waals surface area contributed by atoms with E-state index < -0.39 is 0 Å². The van der Waals surface area contributed by atoms with E-state index in [1.54, 1.807) is 0 Å². The Morgan fingerprint density at radius 2 is 0.708 bits per heavy atom. The van der Waals surface area contributed by atoms with Crippen molar-refractivity contribution in [2.24, 2.45) is 0 Å². The van der Waals surface area contributed by atoms with Crippen molar-refractivity contribution in [1.82, 2.24) is 0 Å². The molecule has 0 fully saturated rings. The van der Waals surface area contributed by atoms with E-state index in [0.29, 0.717) is 0 Å². The van der Waals surface area contributed by atoms with E-state index in [2.05, 4.69) is 158 Å². The van der Waals surface area contributed by atoms with Gasteiger partial charge in [-0.15, -0.1) is 0 Å². The fourth-order valence-electron chi connectivity index (χ4n) is 9.19. The topological polar surface area (TPSA) is 0 Å². The minimum absolute atomic E-state index is 1.26. The molecule has 218 valence electrons. The first-order chi connectivity index (χ1) is 23.8. The lowest BCUT2D eigenvalue weighted by molar-refractivity contribution is 1.66. The Balaban J connectivity index is 1.10. The monoisotopic (exact) mass is 602 g/mol. The molecule has 10 aromatic rings. The highest BCUT2D eigenvalue weighted by molar-refractivity contribution is 6.27. The van der Waals surface area contributed by atoms with Gasteiger partial charge in [-0.05, 0) is 151 Å². The Morgan fingerprint density at radius 1 is 0.208 bits per heavy atom. The number of fused-ring (bicyclic) bond motifs is 13. The molecule has 0 unspecified atom stereocenters. The Kier molecular flexibility index (Phi) is 4.55. The van der Waals surface area contributed by atoms with Gasteiger partial charge < -0.3 is 0 Å². The predicted octanol–water partition coefficient (Wildman–Crippen LogP) is 13.6. The van der Waals surface area contributed by atoms with E-state index >= 15 is 0 Å². The van der Waals surface area contributed by atoms with Crippen LogP contribution < -0.4 is 0 Å². The Hall–Kier alpha value is -6.24. The Labute approximate surface area is 277 Å². The summed E-state index contributed by atoms with van der Waals surface area (Å²) in [6.45, 7) is 0. The van der Waals surface area contributed by atoms with E-state index in [1.165, 1.54) is 120 Å². The summed E-state index contributed by atoms with van der Waals surface area (Å²) in [6, 6.07) is 59.5. The van der Waals surface area contributed by atoms with Crippen LogP contribution in [0.15, 0.2) is 158 Å². The van der Waals surface area contributed by atoms with Crippen molar-refractivity contribution in [3.8, 4) is 55.6 Å². The molecular formula is C48H26. The molecule has 10 aromatic carbocycles. The molecule has 0 spiro atoms. The van der Waals surface area contributed by atoms with Gasteiger partial charge >= 0.3 is 0 Å². The first kappa shape index (κ1) is 24.9. The number of rotatable bonds is 1. The quantitative estimate of drug-likeness (QED) is 0.164. The van der Waals surface area contributed by atoms with Crippen LogP contribution in [0.1, 0.15) is 0 Å².